The van der Waals surface area contributed by atoms with Gasteiger partial charge in [0.1, 0.15) is 6.04 Å². The van der Waals surface area contributed by atoms with Crippen molar-refractivity contribution in [3.8, 4) is 0 Å². The molecule has 1 aromatic heterocycles. The molecule has 0 saturated carbocycles. The molecular formula is C27H32F3N7O3. The maximum atomic E-state index is 13.2. The minimum Gasteiger partial charge on any atom is -0.344 e. The molecule has 2 unspecified atom stereocenters. The Morgan fingerprint density at radius 2 is 1.62 bits per heavy atom. The smallest absolute Gasteiger partial charge is 0.344 e. The minimum atomic E-state index is -4.52. The molecule has 0 aliphatic carbocycles. The molecule has 3 amide bonds. The third kappa shape index (κ3) is 8.46. The number of carbonyl (C=O) groups excluding carboxylic acids is 3. The Kier molecular flexibility index (Phi) is 10.5. The van der Waals surface area contributed by atoms with Crippen LogP contribution in [-0.4, -0.2) is 65.9 Å². The maximum Gasteiger partial charge on any atom is 0.416 e. The van der Waals surface area contributed by atoms with Gasteiger partial charge < -0.3 is 32.7 Å². The summed E-state index contributed by atoms with van der Waals surface area (Å²) in [5.41, 5.74) is 17.6. The first-order chi connectivity index (χ1) is 19.0. The van der Waals surface area contributed by atoms with Gasteiger partial charge in [0.15, 0.2) is 0 Å². The number of hydrogen-bond acceptors (Lipinski definition) is 7. The van der Waals surface area contributed by atoms with E-state index in [1.807, 2.05) is 18.2 Å². The zero-order valence-electron chi connectivity index (χ0n) is 21.7. The first-order valence-electron chi connectivity index (χ1n) is 12.6. The van der Waals surface area contributed by atoms with E-state index < -0.39 is 48.0 Å². The van der Waals surface area contributed by atoms with Crippen LogP contribution >= 0.6 is 0 Å². The van der Waals surface area contributed by atoms with Crippen molar-refractivity contribution in [3.63, 3.8) is 0 Å². The van der Waals surface area contributed by atoms with Crippen LogP contribution in [0, 0.1) is 0 Å². The fourth-order valence-electron chi connectivity index (χ4n) is 4.06. The summed E-state index contributed by atoms with van der Waals surface area (Å²) < 4.78 is 39.0. The number of aromatic nitrogens is 1. The number of benzene rings is 2. The molecule has 0 bridgehead atoms. The largest absolute Gasteiger partial charge is 0.416 e. The zero-order valence-corrected chi connectivity index (χ0v) is 21.7. The molecule has 214 valence electrons. The van der Waals surface area contributed by atoms with Crippen molar-refractivity contribution < 1.29 is 27.6 Å². The van der Waals surface area contributed by atoms with Gasteiger partial charge in [0.25, 0.3) is 0 Å². The Balaban J connectivity index is 1.77. The van der Waals surface area contributed by atoms with Gasteiger partial charge in [-0.2, -0.15) is 13.2 Å². The van der Waals surface area contributed by atoms with E-state index in [0.29, 0.717) is 16.8 Å². The first kappa shape index (κ1) is 30.5. The molecule has 10 nitrogen and oxygen atoms in total. The summed E-state index contributed by atoms with van der Waals surface area (Å²) in [6, 6.07) is 10.8. The van der Waals surface area contributed by atoms with Crippen LogP contribution in [0.2, 0.25) is 0 Å². The summed E-state index contributed by atoms with van der Waals surface area (Å²) >= 11 is 0. The normalized spacial score (nSPS) is 12.9. The molecule has 0 aliphatic heterocycles. The van der Waals surface area contributed by atoms with Gasteiger partial charge in [0.2, 0.25) is 17.7 Å². The Morgan fingerprint density at radius 3 is 2.25 bits per heavy atom. The molecule has 3 rings (SSSR count). The van der Waals surface area contributed by atoms with Crippen LogP contribution < -0.4 is 27.8 Å². The second-order valence-corrected chi connectivity index (χ2v) is 9.14. The number of nitrogens with two attached hydrogens (primary N) is 3. The van der Waals surface area contributed by atoms with Crippen LogP contribution in [0.4, 0.5) is 18.9 Å². The van der Waals surface area contributed by atoms with Crippen molar-refractivity contribution in [3.05, 3.63) is 71.9 Å². The lowest BCUT2D eigenvalue weighted by molar-refractivity contribution is -0.137. The first-order valence-corrected chi connectivity index (χ1v) is 12.6. The number of carbonyl (C=O) groups is 3. The zero-order chi connectivity index (χ0) is 29.3. The third-order valence-electron chi connectivity index (χ3n) is 6.06. The van der Waals surface area contributed by atoms with Crippen LogP contribution in [0.1, 0.15) is 17.5 Å². The summed E-state index contributed by atoms with van der Waals surface area (Å²) in [4.78, 5) is 44.4. The van der Waals surface area contributed by atoms with Gasteiger partial charge >= 0.3 is 6.18 Å². The van der Waals surface area contributed by atoms with E-state index >= 15 is 0 Å². The molecule has 0 spiro atoms. The molecule has 3 aromatic rings. The predicted octanol–water partition coefficient (Wildman–Crippen LogP) is 1.38. The number of rotatable bonds is 12. The quantitative estimate of drug-likeness (QED) is 0.223. The molecule has 0 fully saturated rings. The lowest BCUT2D eigenvalue weighted by Gasteiger charge is -2.25. The van der Waals surface area contributed by atoms with E-state index in [9.17, 15) is 27.6 Å². The van der Waals surface area contributed by atoms with Crippen molar-refractivity contribution in [1.29, 1.82) is 0 Å². The number of para-hydroxylation sites is 1. The average Bonchev–Trinajstić information content (AvgIpc) is 2.91. The number of nitrogens with zero attached hydrogens (tertiary/aromatic N) is 2. The van der Waals surface area contributed by atoms with Crippen LogP contribution in [-0.2, 0) is 27.0 Å². The molecule has 13 heteroatoms. The molecule has 0 aliphatic rings. The van der Waals surface area contributed by atoms with Gasteiger partial charge in [-0.25, -0.2) is 0 Å². The Bertz CT molecular complexity index is 1310. The van der Waals surface area contributed by atoms with E-state index in [0.717, 1.165) is 17.5 Å². The standard InChI is InChI=1S/C27H32F3N7O3/c28-27(29,30)19-7-5-17(6-8-19)13-23(25(39)35-20-14-18-3-1-2-4-22(18)34-16-20)36-24(38)15-21(33)26(40)37(11-9-31)12-10-32/h1-8,14,16,21,23H,9-13,15,31-33H2,(H,35,39)(H,36,38). The summed E-state index contributed by atoms with van der Waals surface area (Å²) in [6.07, 6.45) is -3.61. The maximum absolute atomic E-state index is 13.2. The Hall–Kier alpha value is -4.07. The van der Waals surface area contributed by atoms with E-state index in [1.165, 1.54) is 23.2 Å². The number of halogens is 3. The fraction of sp³-hybridized carbons (Fsp3) is 0.333. The lowest BCUT2D eigenvalue weighted by atomic mass is 10.0. The summed E-state index contributed by atoms with van der Waals surface area (Å²) in [5.74, 6) is -1.83. The van der Waals surface area contributed by atoms with Crippen molar-refractivity contribution in [2.45, 2.75) is 31.1 Å². The third-order valence-corrected chi connectivity index (χ3v) is 6.06. The number of pyridine rings is 1. The molecule has 0 radical (unpaired) electrons. The topological polar surface area (TPSA) is 169 Å². The SMILES string of the molecule is NCCN(CCN)C(=O)C(N)CC(=O)NC(Cc1ccc(C(F)(F)F)cc1)C(=O)Nc1cnc2ccccc2c1. The van der Waals surface area contributed by atoms with Gasteiger partial charge in [-0.3, -0.25) is 19.4 Å². The van der Waals surface area contributed by atoms with Crippen molar-refractivity contribution in [2.24, 2.45) is 17.2 Å². The highest BCUT2D eigenvalue weighted by molar-refractivity contribution is 5.99. The van der Waals surface area contributed by atoms with E-state index in [2.05, 4.69) is 15.6 Å². The molecule has 2 atom stereocenters. The van der Waals surface area contributed by atoms with Gasteiger partial charge in [0, 0.05) is 38.0 Å². The highest BCUT2D eigenvalue weighted by Crippen LogP contribution is 2.29. The predicted molar refractivity (Wildman–Crippen MR) is 145 cm³/mol. The Labute approximate surface area is 229 Å². The monoisotopic (exact) mass is 559 g/mol. The van der Waals surface area contributed by atoms with E-state index in [4.69, 9.17) is 17.2 Å². The lowest BCUT2D eigenvalue weighted by Crippen LogP contribution is -2.51. The molecule has 0 saturated heterocycles. The van der Waals surface area contributed by atoms with Crippen molar-refractivity contribution >= 4 is 34.3 Å². The number of amides is 3. The van der Waals surface area contributed by atoms with Gasteiger partial charge in [0.05, 0.1) is 35.4 Å². The number of hydrogen-bond donors (Lipinski definition) is 5. The summed E-state index contributed by atoms with van der Waals surface area (Å²) in [7, 11) is 0. The molecule has 8 N–H and O–H groups in total. The van der Waals surface area contributed by atoms with Gasteiger partial charge in [-0.05, 0) is 29.8 Å². The summed E-state index contributed by atoms with van der Waals surface area (Å²) in [5, 5.41) is 6.03. The number of fused-ring (bicyclic) bond motifs is 1. The van der Waals surface area contributed by atoms with E-state index in [-0.39, 0.29) is 32.6 Å². The molecule has 1 heterocycles. The van der Waals surface area contributed by atoms with Crippen LogP contribution in [0.3, 0.4) is 0 Å². The minimum absolute atomic E-state index is 0.119. The Morgan fingerprint density at radius 1 is 0.975 bits per heavy atom. The molecule has 2 aromatic carbocycles. The second-order valence-electron chi connectivity index (χ2n) is 9.14. The second kappa shape index (κ2) is 13.8. The highest BCUT2D eigenvalue weighted by Gasteiger charge is 2.31. The van der Waals surface area contributed by atoms with Crippen molar-refractivity contribution in [1.82, 2.24) is 15.2 Å². The number of anilines is 1. The van der Waals surface area contributed by atoms with Crippen LogP contribution in [0.25, 0.3) is 10.9 Å². The van der Waals surface area contributed by atoms with Gasteiger partial charge in [-0.1, -0.05) is 30.3 Å². The molecular weight excluding hydrogens is 527 g/mol. The molecule has 40 heavy (non-hydrogen) atoms. The van der Waals surface area contributed by atoms with Crippen LogP contribution in [0.5, 0.6) is 0 Å². The fourth-order valence-corrected chi connectivity index (χ4v) is 4.06. The average molecular weight is 560 g/mol. The number of nitrogens with one attached hydrogen (secondary N) is 2. The van der Waals surface area contributed by atoms with Crippen molar-refractivity contribution in [2.75, 3.05) is 31.5 Å². The van der Waals surface area contributed by atoms with Gasteiger partial charge in [-0.15, -0.1) is 0 Å². The number of alkyl halides is 3. The van der Waals surface area contributed by atoms with E-state index in [1.54, 1.807) is 12.1 Å². The summed E-state index contributed by atoms with van der Waals surface area (Å²) in [6.45, 7) is 0.793. The highest BCUT2D eigenvalue weighted by atomic mass is 19.4. The van der Waals surface area contributed by atoms with Crippen LogP contribution in [0.15, 0.2) is 60.8 Å².